The first-order chi connectivity index (χ1) is 8.75. The molecule has 0 heterocycles. The van der Waals surface area contributed by atoms with Crippen molar-refractivity contribution in [1.82, 2.24) is 4.90 Å². The summed E-state index contributed by atoms with van der Waals surface area (Å²) in [6, 6.07) is 0. The number of alkyl halides is 3. The van der Waals surface area contributed by atoms with Crippen LogP contribution in [0.3, 0.4) is 0 Å². The van der Waals surface area contributed by atoms with Crippen molar-refractivity contribution in [3.8, 4) is 0 Å². The van der Waals surface area contributed by atoms with Gasteiger partial charge in [0.15, 0.2) is 0 Å². The molecule has 112 valence electrons. The van der Waals surface area contributed by atoms with E-state index in [0.29, 0.717) is 25.9 Å². The fourth-order valence-corrected chi connectivity index (χ4v) is 2.61. The highest BCUT2D eigenvalue weighted by Crippen LogP contribution is 2.39. The zero-order valence-electron chi connectivity index (χ0n) is 11.5. The van der Waals surface area contributed by atoms with E-state index in [-0.39, 0.29) is 30.6 Å². The molecule has 1 atom stereocenters. The average molecular weight is 280 g/mol. The Balaban J connectivity index is 2.44. The maximum Gasteiger partial charge on any atom is 0.391 e. The number of nitrogens with two attached hydrogens (primary N) is 1. The van der Waals surface area contributed by atoms with E-state index < -0.39 is 12.1 Å². The van der Waals surface area contributed by atoms with E-state index >= 15 is 0 Å². The highest BCUT2D eigenvalue weighted by molar-refractivity contribution is 5.78. The molecule has 1 rings (SSSR count). The third kappa shape index (κ3) is 4.67. The van der Waals surface area contributed by atoms with Gasteiger partial charge in [-0.05, 0) is 38.1 Å². The van der Waals surface area contributed by atoms with Crippen molar-refractivity contribution >= 4 is 5.91 Å². The summed E-state index contributed by atoms with van der Waals surface area (Å²) in [6.07, 6.45) is -3.30. The molecule has 0 bridgehead atoms. The van der Waals surface area contributed by atoms with E-state index in [1.807, 2.05) is 6.92 Å². The first kappa shape index (κ1) is 16.3. The molecule has 3 nitrogen and oxygen atoms in total. The van der Waals surface area contributed by atoms with Crippen LogP contribution >= 0.6 is 0 Å². The third-order valence-corrected chi connectivity index (χ3v) is 3.90. The summed E-state index contributed by atoms with van der Waals surface area (Å²) in [7, 11) is 1.70. The van der Waals surface area contributed by atoms with Crippen molar-refractivity contribution in [2.24, 2.45) is 23.5 Å². The van der Waals surface area contributed by atoms with Crippen LogP contribution in [-0.2, 0) is 4.79 Å². The minimum Gasteiger partial charge on any atom is -0.345 e. The van der Waals surface area contributed by atoms with E-state index in [1.165, 1.54) is 0 Å². The van der Waals surface area contributed by atoms with Crippen molar-refractivity contribution in [1.29, 1.82) is 0 Å². The van der Waals surface area contributed by atoms with Crippen LogP contribution < -0.4 is 5.73 Å². The van der Waals surface area contributed by atoms with Gasteiger partial charge >= 0.3 is 6.18 Å². The van der Waals surface area contributed by atoms with Gasteiger partial charge < -0.3 is 10.6 Å². The van der Waals surface area contributed by atoms with E-state index in [1.54, 1.807) is 11.9 Å². The van der Waals surface area contributed by atoms with Gasteiger partial charge in [0.1, 0.15) is 0 Å². The molecular formula is C13H23F3N2O. The van der Waals surface area contributed by atoms with Gasteiger partial charge in [0.2, 0.25) is 5.91 Å². The Hall–Kier alpha value is -0.780. The molecule has 1 amide bonds. The maximum atomic E-state index is 12.5. The highest BCUT2D eigenvalue weighted by atomic mass is 19.4. The summed E-state index contributed by atoms with van der Waals surface area (Å²) in [6.45, 7) is 3.01. The van der Waals surface area contributed by atoms with Crippen molar-refractivity contribution in [3.05, 3.63) is 0 Å². The second kappa shape index (κ2) is 6.59. The van der Waals surface area contributed by atoms with Crippen molar-refractivity contribution < 1.29 is 18.0 Å². The minimum absolute atomic E-state index is 0.0408. The lowest BCUT2D eigenvalue weighted by molar-refractivity contribution is -0.185. The lowest BCUT2D eigenvalue weighted by atomic mass is 9.81. The Morgan fingerprint density at radius 1 is 1.32 bits per heavy atom. The van der Waals surface area contributed by atoms with Gasteiger partial charge in [-0.2, -0.15) is 13.2 Å². The molecule has 0 aliphatic heterocycles. The fourth-order valence-electron chi connectivity index (χ4n) is 2.61. The number of nitrogens with zero attached hydrogens (tertiary/aromatic N) is 1. The second-order valence-corrected chi connectivity index (χ2v) is 5.65. The maximum absolute atomic E-state index is 12.5. The summed E-state index contributed by atoms with van der Waals surface area (Å²) >= 11 is 0. The van der Waals surface area contributed by atoms with Gasteiger partial charge in [-0.25, -0.2) is 0 Å². The predicted molar refractivity (Wildman–Crippen MR) is 67.4 cm³/mol. The zero-order chi connectivity index (χ0) is 14.6. The van der Waals surface area contributed by atoms with Crippen LogP contribution in [0.25, 0.3) is 0 Å². The lowest BCUT2D eigenvalue weighted by Crippen LogP contribution is -2.39. The van der Waals surface area contributed by atoms with Crippen molar-refractivity contribution in [2.45, 2.75) is 38.8 Å². The van der Waals surface area contributed by atoms with Crippen LogP contribution in [0.15, 0.2) is 0 Å². The molecule has 1 unspecified atom stereocenters. The Labute approximate surface area is 112 Å². The molecule has 0 aromatic rings. The molecule has 0 radical (unpaired) electrons. The van der Waals surface area contributed by atoms with E-state index in [2.05, 4.69) is 0 Å². The van der Waals surface area contributed by atoms with E-state index in [0.717, 1.165) is 0 Å². The number of carbonyl (C=O) groups is 1. The van der Waals surface area contributed by atoms with Gasteiger partial charge in [0.05, 0.1) is 5.92 Å². The number of halogens is 3. The third-order valence-electron chi connectivity index (χ3n) is 3.90. The Morgan fingerprint density at radius 3 is 2.26 bits per heavy atom. The zero-order valence-corrected chi connectivity index (χ0v) is 11.5. The molecule has 6 heteroatoms. The molecule has 1 aliphatic rings. The number of amides is 1. The molecule has 0 aromatic carbocycles. The Morgan fingerprint density at radius 2 is 1.84 bits per heavy atom. The first-order valence-corrected chi connectivity index (χ1v) is 6.77. The molecule has 0 spiro atoms. The summed E-state index contributed by atoms with van der Waals surface area (Å²) in [4.78, 5) is 13.7. The monoisotopic (exact) mass is 280 g/mol. The van der Waals surface area contributed by atoms with Crippen LogP contribution in [-0.4, -0.2) is 37.1 Å². The summed E-state index contributed by atoms with van der Waals surface area (Å²) in [5.74, 6) is -1.32. The van der Waals surface area contributed by atoms with Crippen LogP contribution in [0.5, 0.6) is 0 Å². The summed E-state index contributed by atoms with van der Waals surface area (Å²) in [5, 5.41) is 0. The van der Waals surface area contributed by atoms with E-state index in [4.69, 9.17) is 5.73 Å². The Bertz CT molecular complexity index is 299. The van der Waals surface area contributed by atoms with Crippen molar-refractivity contribution in [3.63, 3.8) is 0 Å². The average Bonchev–Trinajstić information content (AvgIpc) is 2.36. The number of rotatable bonds is 4. The van der Waals surface area contributed by atoms with Gasteiger partial charge in [0, 0.05) is 19.5 Å². The van der Waals surface area contributed by atoms with Crippen LogP contribution in [0.1, 0.15) is 32.6 Å². The predicted octanol–water partition coefficient (Wildman–Crippen LogP) is 2.41. The number of hydrogen-bond donors (Lipinski definition) is 1. The fraction of sp³-hybridized carbons (Fsp3) is 0.923. The van der Waals surface area contributed by atoms with Gasteiger partial charge in [-0.3, -0.25) is 4.79 Å². The van der Waals surface area contributed by atoms with Gasteiger partial charge in [-0.1, -0.05) is 6.92 Å². The summed E-state index contributed by atoms with van der Waals surface area (Å²) in [5.41, 5.74) is 5.50. The molecule has 1 fully saturated rings. The quantitative estimate of drug-likeness (QED) is 0.859. The van der Waals surface area contributed by atoms with Crippen molar-refractivity contribution in [2.75, 3.05) is 20.1 Å². The second-order valence-electron chi connectivity index (χ2n) is 5.65. The van der Waals surface area contributed by atoms with Gasteiger partial charge in [0.25, 0.3) is 0 Å². The molecule has 0 saturated heterocycles. The molecule has 19 heavy (non-hydrogen) atoms. The summed E-state index contributed by atoms with van der Waals surface area (Å²) < 4.78 is 37.6. The normalized spacial score (nSPS) is 26.0. The van der Waals surface area contributed by atoms with E-state index in [9.17, 15) is 18.0 Å². The smallest absolute Gasteiger partial charge is 0.345 e. The van der Waals surface area contributed by atoms with Gasteiger partial charge in [-0.15, -0.1) is 0 Å². The first-order valence-electron chi connectivity index (χ1n) is 6.77. The number of carbonyl (C=O) groups excluding carboxylic acids is 1. The molecule has 2 N–H and O–H groups in total. The van der Waals surface area contributed by atoms with Crippen LogP contribution in [0.4, 0.5) is 13.2 Å². The molecule has 1 aliphatic carbocycles. The Kier molecular flexibility index (Phi) is 5.64. The SMILES string of the molecule is CC(CN)CN(C)C(=O)C1CCC(C(F)(F)F)CC1. The molecule has 0 aromatic heterocycles. The standard InChI is InChI=1S/C13H23F3N2O/c1-9(7-17)8-18(2)12(19)10-3-5-11(6-4-10)13(14,15)16/h9-11H,3-8,17H2,1-2H3. The topological polar surface area (TPSA) is 46.3 Å². The molecular weight excluding hydrogens is 257 g/mol. The lowest BCUT2D eigenvalue weighted by Gasteiger charge is -2.32. The number of hydrogen-bond acceptors (Lipinski definition) is 2. The largest absolute Gasteiger partial charge is 0.391 e. The van der Waals surface area contributed by atoms with Crippen LogP contribution in [0.2, 0.25) is 0 Å². The van der Waals surface area contributed by atoms with Crippen LogP contribution in [0, 0.1) is 17.8 Å². The molecule has 1 saturated carbocycles. The highest BCUT2D eigenvalue weighted by Gasteiger charge is 2.42. The minimum atomic E-state index is -4.12.